The lowest BCUT2D eigenvalue weighted by Gasteiger charge is -2.29. The van der Waals surface area contributed by atoms with Gasteiger partial charge in [0, 0.05) is 13.1 Å². The molecule has 0 saturated heterocycles. The molecule has 4 heteroatoms. The van der Waals surface area contributed by atoms with Crippen molar-refractivity contribution in [1.29, 1.82) is 0 Å². The van der Waals surface area contributed by atoms with Gasteiger partial charge in [0.15, 0.2) is 0 Å². The van der Waals surface area contributed by atoms with E-state index in [9.17, 15) is 4.79 Å². The van der Waals surface area contributed by atoms with E-state index in [1.807, 2.05) is 46.7 Å². The minimum absolute atomic E-state index is 0.158. The number of carbonyl (C=O) groups excluding carboxylic acids is 1. The molecule has 2 heterocycles. The summed E-state index contributed by atoms with van der Waals surface area (Å²) >= 11 is 0. The van der Waals surface area contributed by atoms with Crippen molar-refractivity contribution in [3.63, 3.8) is 0 Å². The monoisotopic (exact) mass is 305 g/mol. The maximum atomic E-state index is 12.7. The fourth-order valence-electron chi connectivity index (χ4n) is 3.34. The van der Waals surface area contributed by atoms with Gasteiger partial charge in [0.05, 0.1) is 11.0 Å². The molecule has 0 spiro atoms. The lowest BCUT2D eigenvalue weighted by Crippen LogP contribution is -2.38. The van der Waals surface area contributed by atoms with Crippen LogP contribution in [0.25, 0.3) is 11.0 Å². The van der Waals surface area contributed by atoms with Gasteiger partial charge in [-0.2, -0.15) is 0 Å². The van der Waals surface area contributed by atoms with Gasteiger partial charge < -0.3 is 9.47 Å². The number of imidazole rings is 1. The molecule has 0 bridgehead atoms. The number of hydrogen-bond acceptors (Lipinski definition) is 2. The molecule has 116 valence electrons. The molecule has 0 N–H and O–H groups in total. The second-order valence-corrected chi connectivity index (χ2v) is 6.07. The summed E-state index contributed by atoms with van der Waals surface area (Å²) in [5.41, 5.74) is 4.60. The van der Waals surface area contributed by atoms with Gasteiger partial charge in [-0.15, -0.1) is 0 Å². The molecule has 0 unspecified atom stereocenters. The molecule has 2 aromatic carbocycles. The van der Waals surface area contributed by atoms with Crippen LogP contribution in [0.3, 0.4) is 0 Å². The quantitative estimate of drug-likeness (QED) is 0.730. The number of carbonyl (C=O) groups is 1. The van der Waals surface area contributed by atoms with Gasteiger partial charge in [-0.25, -0.2) is 4.98 Å². The highest BCUT2D eigenvalue weighted by Gasteiger charge is 2.21. The van der Waals surface area contributed by atoms with Gasteiger partial charge >= 0.3 is 0 Å². The molecule has 1 aliphatic heterocycles. The molecule has 1 aromatic heterocycles. The van der Waals surface area contributed by atoms with Crippen LogP contribution in [0.4, 0.5) is 0 Å². The summed E-state index contributed by atoms with van der Waals surface area (Å²) in [5.74, 6) is 1.04. The standard InChI is InChI=1S/C19H19N3O/c1-14-20-17-8-4-5-9-18(17)22(14)13-19(23)21-11-10-15-6-2-3-7-16(15)12-21/h2-9H,10-13H2,1H3. The highest BCUT2D eigenvalue weighted by Crippen LogP contribution is 2.20. The Hall–Kier alpha value is -2.62. The first-order valence-corrected chi connectivity index (χ1v) is 7.99. The van der Waals surface area contributed by atoms with Crippen LogP contribution in [-0.2, 0) is 24.3 Å². The van der Waals surface area contributed by atoms with Crippen LogP contribution in [0.1, 0.15) is 17.0 Å². The Bertz CT molecular complexity index is 881. The third-order valence-corrected chi connectivity index (χ3v) is 4.62. The summed E-state index contributed by atoms with van der Waals surface area (Å²) in [6.45, 7) is 3.81. The molecule has 0 radical (unpaired) electrons. The minimum Gasteiger partial charge on any atom is -0.336 e. The van der Waals surface area contributed by atoms with Crippen molar-refractivity contribution in [1.82, 2.24) is 14.5 Å². The van der Waals surface area contributed by atoms with Crippen molar-refractivity contribution >= 4 is 16.9 Å². The number of benzene rings is 2. The Morgan fingerprint density at radius 2 is 1.83 bits per heavy atom. The van der Waals surface area contributed by atoms with E-state index in [1.54, 1.807) is 0 Å². The van der Waals surface area contributed by atoms with Gasteiger partial charge in [-0.05, 0) is 36.6 Å². The number of para-hydroxylation sites is 2. The Balaban J connectivity index is 1.57. The first-order chi connectivity index (χ1) is 11.2. The van der Waals surface area contributed by atoms with Crippen LogP contribution in [0, 0.1) is 6.92 Å². The maximum Gasteiger partial charge on any atom is 0.242 e. The predicted molar refractivity (Wildman–Crippen MR) is 90.0 cm³/mol. The fourth-order valence-corrected chi connectivity index (χ4v) is 3.34. The van der Waals surface area contributed by atoms with Gasteiger partial charge in [0.25, 0.3) is 0 Å². The van der Waals surface area contributed by atoms with E-state index in [1.165, 1.54) is 11.1 Å². The molecule has 4 nitrogen and oxygen atoms in total. The summed E-state index contributed by atoms with van der Waals surface area (Å²) in [7, 11) is 0. The number of aromatic nitrogens is 2. The van der Waals surface area contributed by atoms with Crippen molar-refractivity contribution < 1.29 is 4.79 Å². The average Bonchev–Trinajstić information content (AvgIpc) is 2.90. The lowest BCUT2D eigenvalue weighted by molar-refractivity contribution is -0.132. The molecule has 4 rings (SSSR count). The summed E-state index contributed by atoms with van der Waals surface area (Å²) < 4.78 is 2.01. The second kappa shape index (κ2) is 5.54. The van der Waals surface area contributed by atoms with Crippen molar-refractivity contribution in [2.24, 2.45) is 0 Å². The molecule has 1 amide bonds. The van der Waals surface area contributed by atoms with Crippen LogP contribution in [0.2, 0.25) is 0 Å². The largest absolute Gasteiger partial charge is 0.336 e. The SMILES string of the molecule is Cc1nc2ccccc2n1CC(=O)N1CCc2ccccc2C1. The lowest BCUT2D eigenvalue weighted by atomic mass is 10.00. The molecular formula is C19H19N3O. The number of aryl methyl sites for hydroxylation is 1. The molecule has 3 aromatic rings. The molecule has 0 fully saturated rings. The van der Waals surface area contributed by atoms with Crippen LogP contribution in [-0.4, -0.2) is 26.9 Å². The van der Waals surface area contributed by atoms with Crippen molar-refractivity contribution in [2.75, 3.05) is 6.54 Å². The molecule has 1 aliphatic rings. The Kier molecular flexibility index (Phi) is 3.37. The van der Waals surface area contributed by atoms with Crippen LogP contribution >= 0.6 is 0 Å². The zero-order chi connectivity index (χ0) is 15.8. The molecule has 23 heavy (non-hydrogen) atoms. The number of fused-ring (bicyclic) bond motifs is 2. The third-order valence-electron chi connectivity index (χ3n) is 4.62. The first kappa shape index (κ1) is 14.0. The molecule has 0 saturated carbocycles. The summed E-state index contributed by atoms with van der Waals surface area (Å²) in [5, 5.41) is 0. The highest BCUT2D eigenvalue weighted by molar-refractivity contribution is 5.81. The summed E-state index contributed by atoms with van der Waals surface area (Å²) in [6.07, 6.45) is 0.936. The fraction of sp³-hybridized carbons (Fsp3) is 0.263. The molecular weight excluding hydrogens is 286 g/mol. The van der Waals surface area contributed by atoms with Crippen LogP contribution in [0.15, 0.2) is 48.5 Å². The Labute approximate surface area is 135 Å². The van der Waals surface area contributed by atoms with Crippen LogP contribution in [0.5, 0.6) is 0 Å². The number of amides is 1. The molecule has 0 aliphatic carbocycles. The topological polar surface area (TPSA) is 38.1 Å². The minimum atomic E-state index is 0.158. The Morgan fingerprint density at radius 3 is 2.70 bits per heavy atom. The van der Waals surface area contributed by atoms with E-state index >= 15 is 0 Å². The molecule has 0 atom stereocenters. The predicted octanol–water partition coefficient (Wildman–Crippen LogP) is 2.93. The van der Waals surface area contributed by atoms with Gasteiger partial charge in [-0.1, -0.05) is 36.4 Å². The van der Waals surface area contributed by atoms with E-state index in [-0.39, 0.29) is 5.91 Å². The summed E-state index contributed by atoms with van der Waals surface area (Å²) in [6, 6.07) is 16.4. The van der Waals surface area contributed by atoms with E-state index in [0.717, 1.165) is 29.8 Å². The Morgan fingerprint density at radius 1 is 1.09 bits per heavy atom. The van der Waals surface area contributed by atoms with E-state index in [2.05, 4.69) is 23.2 Å². The van der Waals surface area contributed by atoms with Gasteiger partial charge in [-0.3, -0.25) is 4.79 Å². The van der Waals surface area contributed by atoms with E-state index < -0.39 is 0 Å². The summed E-state index contributed by atoms with van der Waals surface area (Å²) in [4.78, 5) is 19.2. The van der Waals surface area contributed by atoms with Crippen molar-refractivity contribution in [3.8, 4) is 0 Å². The smallest absolute Gasteiger partial charge is 0.242 e. The highest BCUT2D eigenvalue weighted by atomic mass is 16.2. The number of rotatable bonds is 2. The van der Waals surface area contributed by atoms with Gasteiger partial charge in [0.2, 0.25) is 5.91 Å². The third kappa shape index (κ3) is 2.50. The maximum absolute atomic E-state index is 12.7. The van der Waals surface area contributed by atoms with Gasteiger partial charge in [0.1, 0.15) is 12.4 Å². The second-order valence-electron chi connectivity index (χ2n) is 6.07. The average molecular weight is 305 g/mol. The first-order valence-electron chi connectivity index (χ1n) is 7.99. The van der Waals surface area contributed by atoms with Crippen molar-refractivity contribution in [2.45, 2.75) is 26.4 Å². The van der Waals surface area contributed by atoms with E-state index in [4.69, 9.17) is 0 Å². The van der Waals surface area contributed by atoms with Crippen molar-refractivity contribution in [3.05, 3.63) is 65.5 Å². The van der Waals surface area contributed by atoms with Crippen LogP contribution < -0.4 is 0 Å². The zero-order valence-corrected chi connectivity index (χ0v) is 13.2. The zero-order valence-electron chi connectivity index (χ0n) is 13.2. The number of hydrogen-bond donors (Lipinski definition) is 0. The normalized spacial score (nSPS) is 14.0. The van der Waals surface area contributed by atoms with E-state index in [0.29, 0.717) is 13.1 Å². The number of nitrogens with zero attached hydrogens (tertiary/aromatic N) is 3.